The first kappa shape index (κ1) is 19.3. The van der Waals surface area contributed by atoms with E-state index in [-0.39, 0.29) is 24.0 Å². The van der Waals surface area contributed by atoms with Gasteiger partial charge in [0.1, 0.15) is 5.76 Å². The molecule has 0 bridgehead atoms. The maximum absolute atomic E-state index is 5.31. The van der Waals surface area contributed by atoms with Crippen LogP contribution in [0.4, 0.5) is 0 Å². The van der Waals surface area contributed by atoms with Gasteiger partial charge < -0.3 is 15.1 Å². The Morgan fingerprint density at radius 1 is 1.36 bits per heavy atom. The van der Waals surface area contributed by atoms with E-state index in [1.165, 1.54) is 25.8 Å². The fourth-order valence-electron chi connectivity index (χ4n) is 2.79. The number of piperidine rings is 1. The van der Waals surface area contributed by atoms with Gasteiger partial charge in [0, 0.05) is 39.1 Å². The van der Waals surface area contributed by atoms with Gasteiger partial charge in [-0.25, -0.2) is 0 Å². The Hall–Kier alpha value is -0.760. The minimum Gasteiger partial charge on any atom is -0.469 e. The quantitative estimate of drug-likeness (QED) is 0.422. The lowest BCUT2D eigenvalue weighted by molar-refractivity contribution is 0.163. The van der Waals surface area contributed by atoms with Crippen LogP contribution in [0.15, 0.2) is 27.8 Å². The van der Waals surface area contributed by atoms with Gasteiger partial charge in [-0.2, -0.15) is 0 Å². The van der Waals surface area contributed by atoms with Crippen LogP contribution < -0.4 is 10.6 Å². The molecule has 5 nitrogen and oxygen atoms in total. The van der Waals surface area contributed by atoms with Gasteiger partial charge in [-0.1, -0.05) is 6.42 Å². The Kier molecular flexibility index (Phi) is 9.54. The summed E-state index contributed by atoms with van der Waals surface area (Å²) in [6.45, 7) is 6.40. The molecule has 6 heteroatoms. The molecular formula is C16H29IN4O. The Morgan fingerprint density at radius 2 is 2.18 bits per heavy atom. The summed E-state index contributed by atoms with van der Waals surface area (Å²) in [4.78, 5) is 6.82. The normalized spacial score (nSPS) is 19.5. The number of halogens is 1. The van der Waals surface area contributed by atoms with E-state index in [0.717, 1.165) is 43.8 Å². The molecule has 1 aliphatic rings. The van der Waals surface area contributed by atoms with Gasteiger partial charge in [-0.05, 0) is 38.4 Å². The zero-order chi connectivity index (χ0) is 14.9. The first-order valence-electron chi connectivity index (χ1n) is 8.00. The van der Waals surface area contributed by atoms with E-state index in [1.807, 2.05) is 19.2 Å². The van der Waals surface area contributed by atoms with Crippen LogP contribution in [0.3, 0.4) is 0 Å². The average molecular weight is 420 g/mol. The largest absolute Gasteiger partial charge is 0.469 e. The van der Waals surface area contributed by atoms with Crippen LogP contribution in [-0.4, -0.2) is 50.1 Å². The lowest BCUT2D eigenvalue weighted by atomic mass is 10.0. The van der Waals surface area contributed by atoms with Crippen LogP contribution in [0.1, 0.15) is 31.9 Å². The minimum atomic E-state index is 0. The number of nitrogens with zero attached hydrogens (tertiary/aromatic N) is 2. The highest BCUT2D eigenvalue weighted by molar-refractivity contribution is 14.0. The van der Waals surface area contributed by atoms with Crippen molar-refractivity contribution in [2.24, 2.45) is 4.99 Å². The van der Waals surface area contributed by atoms with Gasteiger partial charge >= 0.3 is 0 Å². The summed E-state index contributed by atoms with van der Waals surface area (Å²) in [5.41, 5.74) is 0. The number of hydrogen-bond acceptors (Lipinski definition) is 3. The van der Waals surface area contributed by atoms with E-state index in [2.05, 4.69) is 27.4 Å². The zero-order valence-electron chi connectivity index (χ0n) is 13.7. The zero-order valence-corrected chi connectivity index (χ0v) is 16.0. The Labute approximate surface area is 150 Å². The number of nitrogens with one attached hydrogen (secondary N) is 2. The minimum absolute atomic E-state index is 0. The third-order valence-corrected chi connectivity index (χ3v) is 4.10. The standard InChI is InChI=1S/C16H28N4O.HI/c1-14-6-3-4-11-20(14)12-10-19-16(17-2)18-9-8-15-7-5-13-21-15;/h5,7,13-14H,3-4,6,8-12H2,1-2H3,(H2,17,18,19);1H. The highest BCUT2D eigenvalue weighted by Crippen LogP contribution is 2.15. The predicted octanol–water partition coefficient (Wildman–Crippen LogP) is 2.48. The fourth-order valence-corrected chi connectivity index (χ4v) is 2.79. The average Bonchev–Trinajstić information content (AvgIpc) is 3.01. The van der Waals surface area contributed by atoms with E-state index in [1.54, 1.807) is 6.26 Å². The van der Waals surface area contributed by atoms with Crippen molar-refractivity contribution in [1.82, 2.24) is 15.5 Å². The number of hydrogen-bond donors (Lipinski definition) is 2. The molecule has 2 rings (SSSR count). The Balaban J connectivity index is 0.00000242. The third kappa shape index (κ3) is 6.56. The first-order chi connectivity index (χ1) is 10.3. The van der Waals surface area contributed by atoms with Crippen molar-refractivity contribution >= 4 is 29.9 Å². The molecule has 0 aromatic carbocycles. The van der Waals surface area contributed by atoms with Crippen LogP contribution in [0, 0.1) is 0 Å². The number of likely N-dealkylation sites (tertiary alicyclic amines) is 1. The van der Waals surface area contributed by atoms with Crippen molar-refractivity contribution in [2.75, 3.05) is 33.2 Å². The van der Waals surface area contributed by atoms with E-state index >= 15 is 0 Å². The van der Waals surface area contributed by atoms with Gasteiger partial charge in [0.05, 0.1) is 6.26 Å². The number of guanidine groups is 1. The molecule has 1 aliphatic heterocycles. The van der Waals surface area contributed by atoms with Crippen molar-refractivity contribution in [2.45, 2.75) is 38.6 Å². The molecule has 1 unspecified atom stereocenters. The van der Waals surface area contributed by atoms with E-state index in [0.29, 0.717) is 0 Å². The van der Waals surface area contributed by atoms with Crippen LogP contribution >= 0.6 is 24.0 Å². The van der Waals surface area contributed by atoms with Crippen molar-refractivity contribution in [1.29, 1.82) is 0 Å². The molecule has 126 valence electrons. The van der Waals surface area contributed by atoms with Crippen LogP contribution in [0.25, 0.3) is 0 Å². The molecule has 22 heavy (non-hydrogen) atoms. The molecule has 0 aliphatic carbocycles. The van der Waals surface area contributed by atoms with Crippen molar-refractivity contribution in [3.63, 3.8) is 0 Å². The molecule has 1 fully saturated rings. The SMILES string of the molecule is CN=C(NCCc1ccco1)NCCN1CCCCC1C.I. The molecule has 0 saturated carbocycles. The number of aliphatic imine (C=N–C) groups is 1. The van der Waals surface area contributed by atoms with Gasteiger partial charge in [0.2, 0.25) is 0 Å². The second-order valence-electron chi connectivity index (χ2n) is 5.64. The second kappa shape index (κ2) is 10.9. The summed E-state index contributed by atoms with van der Waals surface area (Å²) in [5.74, 6) is 1.87. The predicted molar refractivity (Wildman–Crippen MR) is 102 cm³/mol. The summed E-state index contributed by atoms with van der Waals surface area (Å²) in [6.07, 6.45) is 6.62. The van der Waals surface area contributed by atoms with Crippen LogP contribution in [0.2, 0.25) is 0 Å². The van der Waals surface area contributed by atoms with Crippen molar-refractivity contribution < 1.29 is 4.42 Å². The number of rotatable bonds is 6. The van der Waals surface area contributed by atoms with Gasteiger partial charge in [-0.15, -0.1) is 24.0 Å². The third-order valence-electron chi connectivity index (χ3n) is 4.10. The van der Waals surface area contributed by atoms with Crippen molar-refractivity contribution in [3.05, 3.63) is 24.2 Å². The van der Waals surface area contributed by atoms with Crippen LogP contribution in [-0.2, 0) is 6.42 Å². The summed E-state index contributed by atoms with van der Waals surface area (Å²) >= 11 is 0. The lowest BCUT2D eigenvalue weighted by Gasteiger charge is -2.33. The molecule has 0 amide bonds. The molecular weight excluding hydrogens is 391 g/mol. The topological polar surface area (TPSA) is 52.8 Å². The highest BCUT2D eigenvalue weighted by Gasteiger charge is 2.17. The lowest BCUT2D eigenvalue weighted by Crippen LogP contribution is -2.45. The van der Waals surface area contributed by atoms with E-state index in [9.17, 15) is 0 Å². The molecule has 0 spiro atoms. The first-order valence-corrected chi connectivity index (χ1v) is 8.00. The smallest absolute Gasteiger partial charge is 0.191 e. The summed E-state index contributed by atoms with van der Waals surface area (Å²) in [5, 5.41) is 6.70. The van der Waals surface area contributed by atoms with Gasteiger partial charge in [0.15, 0.2) is 5.96 Å². The Morgan fingerprint density at radius 3 is 2.86 bits per heavy atom. The maximum atomic E-state index is 5.31. The monoisotopic (exact) mass is 420 g/mol. The molecule has 1 aromatic rings. The Bertz CT molecular complexity index is 422. The van der Waals surface area contributed by atoms with E-state index < -0.39 is 0 Å². The van der Waals surface area contributed by atoms with Crippen LogP contribution in [0.5, 0.6) is 0 Å². The summed E-state index contributed by atoms with van der Waals surface area (Å²) in [7, 11) is 1.81. The summed E-state index contributed by atoms with van der Waals surface area (Å²) < 4.78 is 5.31. The summed E-state index contributed by atoms with van der Waals surface area (Å²) in [6, 6.07) is 4.63. The van der Waals surface area contributed by atoms with E-state index in [4.69, 9.17) is 4.42 Å². The van der Waals surface area contributed by atoms with Gasteiger partial charge in [0.25, 0.3) is 0 Å². The number of furan rings is 1. The van der Waals surface area contributed by atoms with Gasteiger partial charge in [-0.3, -0.25) is 9.89 Å². The molecule has 1 aromatic heterocycles. The fraction of sp³-hybridized carbons (Fsp3) is 0.688. The van der Waals surface area contributed by atoms with Crippen molar-refractivity contribution in [3.8, 4) is 0 Å². The molecule has 2 N–H and O–H groups in total. The molecule has 0 radical (unpaired) electrons. The second-order valence-corrected chi connectivity index (χ2v) is 5.64. The molecule has 1 atom stereocenters. The maximum Gasteiger partial charge on any atom is 0.191 e. The highest BCUT2D eigenvalue weighted by atomic mass is 127. The molecule has 1 saturated heterocycles. The molecule has 2 heterocycles.